The van der Waals surface area contributed by atoms with Crippen molar-refractivity contribution in [3.8, 4) is 11.1 Å². The standard InChI is InChI=1S/C20H19N5O4/c1-25-23-19(22-24-25)17(10-18(26)27)21-20(28)29-11-16-14-8-4-2-6-12(14)13-7-3-5-9-15(13)16/h2-9,16-17H,10-11H2,1H3,(H,21,28)(H,26,27). The zero-order valence-corrected chi connectivity index (χ0v) is 15.6. The van der Waals surface area contributed by atoms with Crippen LogP contribution in [0.4, 0.5) is 4.79 Å². The van der Waals surface area contributed by atoms with E-state index in [0.29, 0.717) is 0 Å². The van der Waals surface area contributed by atoms with Crippen LogP contribution < -0.4 is 5.32 Å². The first-order chi connectivity index (χ1) is 14.0. The highest BCUT2D eigenvalue weighted by atomic mass is 16.5. The first-order valence-corrected chi connectivity index (χ1v) is 9.10. The molecule has 1 aliphatic rings. The molecule has 0 aliphatic heterocycles. The summed E-state index contributed by atoms with van der Waals surface area (Å²) in [5.41, 5.74) is 4.45. The fourth-order valence-electron chi connectivity index (χ4n) is 3.60. The number of carbonyl (C=O) groups excluding carboxylic acids is 1. The molecule has 2 N–H and O–H groups in total. The number of carboxylic acid groups (broad SMARTS) is 1. The number of aliphatic carboxylic acids is 1. The van der Waals surface area contributed by atoms with E-state index in [2.05, 4.69) is 32.9 Å². The van der Waals surface area contributed by atoms with Gasteiger partial charge in [0.2, 0.25) is 0 Å². The SMILES string of the molecule is Cn1nnc(C(CC(=O)O)NC(=O)OCC2c3ccccc3-c3ccccc32)n1. The van der Waals surface area contributed by atoms with Crippen molar-refractivity contribution in [2.45, 2.75) is 18.4 Å². The van der Waals surface area contributed by atoms with E-state index in [1.165, 1.54) is 4.80 Å². The van der Waals surface area contributed by atoms with Crippen LogP contribution in [0.5, 0.6) is 0 Å². The minimum atomic E-state index is -1.10. The summed E-state index contributed by atoms with van der Waals surface area (Å²) in [6.45, 7) is 0.132. The Morgan fingerprint density at radius 3 is 2.31 bits per heavy atom. The maximum absolute atomic E-state index is 12.4. The number of nitrogens with one attached hydrogen (secondary N) is 1. The van der Waals surface area contributed by atoms with Gasteiger partial charge in [-0.25, -0.2) is 4.79 Å². The van der Waals surface area contributed by atoms with Gasteiger partial charge < -0.3 is 15.2 Å². The fourth-order valence-corrected chi connectivity index (χ4v) is 3.60. The van der Waals surface area contributed by atoms with Crippen molar-refractivity contribution in [3.63, 3.8) is 0 Å². The van der Waals surface area contributed by atoms with E-state index >= 15 is 0 Å². The van der Waals surface area contributed by atoms with E-state index in [9.17, 15) is 9.59 Å². The van der Waals surface area contributed by atoms with Crippen LogP contribution in [-0.4, -0.2) is 44.0 Å². The van der Waals surface area contributed by atoms with Gasteiger partial charge in [0.1, 0.15) is 12.6 Å². The molecule has 1 heterocycles. The molecule has 2 aromatic carbocycles. The second-order valence-electron chi connectivity index (χ2n) is 6.76. The molecular formula is C20H19N5O4. The summed E-state index contributed by atoms with van der Waals surface area (Å²) in [5, 5.41) is 23.1. The highest BCUT2D eigenvalue weighted by molar-refractivity contribution is 5.79. The van der Waals surface area contributed by atoms with Crippen LogP contribution in [0.15, 0.2) is 48.5 Å². The summed E-state index contributed by atoms with van der Waals surface area (Å²) >= 11 is 0. The lowest BCUT2D eigenvalue weighted by Gasteiger charge is -2.17. The number of carbonyl (C=O) groups is 2. The van der Waals surface area contributed by atoms with Gasteiger partial charge >= 0.3 is 12.1 Å². The number of alkyl carbamates (subject to hydrolysis) is 1. The van der Waals surface area contributed by atoms with Crippen molar-refractivity contribution in [2.75, 3.05) is 6.61 Å². The molecule has 9 heteroatoms. The zero-order valence-electron chi connectivity index (χ0n) is 15.6. The number of fused-ring (bicyclic) bond motifs is 3. The number of aromatic nitrogens is 4. The molecule has 3 aromatic rings. The van der Waals surface area contributed by atoms with E-state index in [-0.39, 0.29) is 24.8 Å². The molecular weight excluding hydrogens is 374 g/mol. The summed E-state index contributed by atoms with van der Waals surface area (Å²) in [5.74, 6) is -1.06. The number of nitrogens with zero attached hydrogens (tertiary/aromatic N) is 4. The number of tetrazole rings is 1. The topological polar surface area (TPSA) is 119 Å². The van der Waals surface area contributed by atoms with Gasteiger partial charge in [-0.05, 0) is 27.5 Å². The molecule has 4 rings (SSSR count). The molecule has 0 bridgehead atoms. The summed E-state index contributed by atoms with van der Waals surface area (Å²) in [7, 11) is 1.56. The van der Waals surface area contributed by atoms with Crippen molar-refractivity contribution in [3.05, 3.63) is 65.5 Å². The van der Waals surface area contributed by atoms with Gasteiger partial charge in [0.05, 0.1) is 13.5 Å². The van der Waals surface area contributed by atoms with Gasteiger partial charge in [-0.15, -0.1) is 10.2 Å². The van der Waals surface area contributed by atoms with E-state index in [0.717, 1.165) is 22.3 Å². The quantitative estimate of drug-likeness (QED) is 0.659. The predicted molar refractivity (Wildman–Crippen MR) is 102 cm³/mol. The number of ether oxygens (including phenoxy) is 1. The maximum Gasteiger partial charge on any atom is 0.407 e. The molecule has 0 radical (unpaired) electrons. The molecule has 9 nitrogen and oxygen atoms in total. The second-order valence-corrected chi connectivity index (χ2v) is 6.76. The normalized spacial score (nSPS) is 13.4. The molecule has 148 valence electrons. The van der Waals surface area contributed by atoms with E-state index < -0.39 is 18.1 Å². The number of benzene rings is 2. The first-order valence-electron chi connectivity index (χ1n) is 9.10. The Balaban J connectivity index is 1.47. The average Bonchev–Trinajstić information content (AvgIpc) is 3.27. The lowest BCUT2D eigenvalue weighted by molar-refractivity contribution is -0.137. The Kier molecular flexibility index (Phi) is 4.94. The molecule has 1 amide bonds. The molecule has 0 fully saturated rings. The van der Waals surface area contributed by atoms with Gasteiger partial charge in [0, 0.05) is 5.92 Å². The summed E-state index contributed by atoms with van der Waals surface area (Å²) in [4.78, 5) is 24.7. The van der Waals surface area contributed by atoms with E-state index in [1.807, 2.05) is 36.4 Å². The molecule has 0 saturated heterocycles. The summed E-state index contributed by atoms with van der Waals surface area (Å²) in [6, 6.07) is 15.1. The lowest BCUT2D eigenvalue weighted by atomic mass is 9.98. The highest BCUT2D eigenvalue weighted by Crippen LogP contribution is 2.44. The molecule has 1 aromatic heterocycles. The number of hydrogen-bond acceptors (Lipinski definition) is 6. The lowest BCUT2D eigenvalue weighted by Crippen LogP contribution is -2.32. The maximum atomic E-state index is 12.4. The van der Waals surface area contributed by atoms with Crippen molar-refractivity contribution in [1.29, 1.82) is 0 Å². The van der Waals surface area contributed by atoms with Crippen molar-refractivity contribution in [1.82, 2.24) is 25.5 Å². The monoisotopic (exact) mass is 393 g/mol. The molecule has 1 atom stereocenters. The third kappa shape index (κ3) is 3.79. The largest absolute Gasteiger partial charge is 0.481 e. The van der Waals surface area contributed by atoms with Crippen LogP contribution >= 0.6 is 0 Å². The van der Waals surface area contributed by atoms with Crippen molar-refractivity contribution >= 4 is 12.1 Å². The van der Waals surface area contributed by atoms with E-state index in [4.69, 9.17) is 9.84 Å². The minimum absolute atomic E-state index is 0.0827. The molecule has 29 heavy (non-hydrogen) atoms. The Labute approximate surface area is 166 Å². The van der Waals surface area contributed by atoms with Crippen LogP contribution in [-0.2, 0) is 16.6 Å². The van der Waals surface area contributed by atoms with Crippen LogP contribution in [0.1, 0.15) is 35.3 Å². The van der Waals surface area contributed by atoms with E-state index in [1.54, 1.807) is 7.05 Å². The van der Waals surface area contributed by atoms with Crippen LogP contribution in [0.25, 0.3) is 11.1 Å². The number of hydrogen-bond donors (Lipinski definition) is 2. The molecule has 0 spiro atoms. The number of amides is 1. The Hall–Kier alpha value is -3.75. The number of aryl methyl sites for hydroxylation is 1. The van der Waals surface area contributed by atoms with Crippen molar-refractivity contribution in [2.24, 2.45) is 7.05 Å². The minimum Gasteiger partial charge on any atom is -0.481 e. The Bertz CT molecular complexity index is 1020. The third-order valence-electron chi connectivity index (χ3n) is 4.85. The number of carboxylic acids is 1. The molecule has 1 unspecified atom stereocenters. The fraction of sp³-hybridized carbons (Fsp3) is 0.250. The van der Waals surface area contributed by atoms with Gasteiger partial charge in [-0.2, -0.15) is 4.80 Å². The second kappa shape index (κ2) is 7.70. The predicted octanol–water partition coefficient (Wildman–Crippen LogP) is 2.26. The van der Waals surface area contributed by atoms with Crippen LogP contribution in [0, 0.1) is 0 Å². The molecule has 1 aliphatic carbocycles. The van der Waals surface area contributed by atoms with Crippen LogP contribution in [0.2, 0.25) is 0 Å². The molecule has 0 saturated carbocycles. The highest BCUT2D eigenvalue weighted by Gasteiger charge is 2.30. The summed E-state index contributed by atoms with van der Waals surface area (Å²) in [6.07, 6.45) is -1.11. The number of rotatable bonds is 6. The van der Waals surface area contributed by atoms with Crippen LogP contribution in [0.3, 0.4) is 0 Å². The first kappa shape index (κ1) is 18.6. The van der Waals surface area contributed by atoms with Crippen molar-refractivity contribution < 1.29 is 19.4 Å². The third-order valence-corrected chi connectivity index (χ3v) is 4.85. The average molecular weight is 393 g/mol. The van der Waals surface area contributed by atoms with Gasteiger partial charge in [-0.1, -0.05) is 48.5 Å². The van der Waals surface area contributed by atoms with Gasteiger partial charge in [0.25, 0.3) is 0 Å². The summed E-state index contributed by atoms with van der Waals surface area (Å²) < 4.78 is 5.45. The smallest absolute Gasteiger partial charge is 0.407 e. The van der Waals surface area contributed by atoms with Gasteiger partial charge in [-0.3, -0.25) is 4.79 Å². The Morgan fingerprint density at radius 1 is 1.14 bits per heavy atom. The van der Waals surface area contributed by atoms with Gasteiger partial charge in [0.15, 0.2) is 5.82 Å². The zero-order chi connectivity index (χ0) is 20.4. The Morgan fingerprint density at radius 2 is 1.76 bits per heavy atom.